The fourth-order valence-corrected chi connectivity index (χ4v) is 9.47. The zero-order chi connectivity index (χ0) is 47.7. The second-order valence-electron chi connectivity index (χ2n) is 18.1. The van der Waals surface area contributed by atoms with Gasteiger partial charge in [0, 0.05) is 101 Å². The van der Waals surface area contributed by atoms with E-state index in [-0.39, 0.29) is 17.4 Å². The Morgan fingerprint density at radius 3 is 1.31 bits per heavy atom. The molecular weight excluding hydrogens is 902 g/mol. The van der Waals surface area contributed by atoms with E-state index in [4.69, 9.17) is 23.2 Å². The third-order valence-electron chi connectivity index (χ3n) is 12.8. The predicted molar refractivity (Wildman–Crippen MR) is 272 cm³/mol. The molecule has 0 aliphatic carbocycles. The maximum atomic E-state index is 15.9. The number of rotatable bonds is 18. The highest BCUT2D eigenvalue weighted by Gasteiger charge is 2.39. The molecule has 0 amide bonds. The number of piperazine rings is 2. The third-order valence-corrected chi connectivity index (χ3v) is 13.4. The number of Topliss-reactive ketones (excluding diaryl/α,β-unsaturated/α-hetero) is 1. The third kappa shape index (κ3) is 12.5. The Morgan fingerprint density at radius 1 is 0.544 bits per heavy atom. The van der Waals surface area contributed by atoms with E-state index < -0.39 is 12.1 Å². The summed E-state index contributed by atoms with van der Waals surface area (Å²) < 4.78 is 27.8. The highest BCUT2D eigenvalue weighted by atomic mass is 35.5. The van der Waals surface area contributed by atoms with E-state index in [1.807, 2.05) is 48.5 Å². The van der Waals surface area contributed by atoms with E-state index in [2.05, 4.69) is 103 Å². The van der Waals surface area contributed by atoms with Crippen molar-refractivity contribution in [2.45, 2.75) is 65.0 Å². The average molecular weight is 962 g/mol. The molecule has 2 saturated heterocycles. The zero-order valence-corrected chi connectivity index (χ0v) is 40.5. The van der Waals surface area contributed by atoms with E-state index in [1.165, 1.54) is 24.3 Å². The van der Waals surface area contributed by atoms with E-state index in [0.29, 0.717) is 58.2 Å². The van der Waals surface area contributed by atoms with Gasteiger partial charge in [-0.15, -0.1) is 0 Å². The average Bonchev–Trinajstić information content (AvgIpc) is 3.33. The maximum Gasteiger partial charge on any atom is 0.176 e. The minimum atomic E-state index is -0.554. The summed E-state index contributed by atoms with van der Waals surface area (Å²) in [5.41, 5.74) is 6.22. The second kappa shape index (κ2) is 22.6. The first-order valence-corrected chi connectivity index (χ1v) is 24.1. The van der Waals surface area contributed by atoms with Gasteiger partial charge >= 0.3 is 0 Å². The van der Waals surface area contributed by atoms with Gasteiger partial charge in [-0.3, -0.25) is 24.4 Å². The highest BCUT2D eigenvalue weighted by molar-refractivity contribution is 6.33. The fourth-order valence-electron chi connectivity index (χ4n) is 9.13. The van der Waals surface area contributed by atoms with Crippen LogP contribution in [0.4, 0.5) is 43.2 Å². The van der Waals surface area contributed by atoms with Crippen LogP contribution in [0.25, 0.3) is 0 Å². The Bertz CT molecular complexity index is 2480. The van der Waals surface area contributed by atoms with Gasteiger partial charge in [0.2, 0.25) is 0 Å². The molecule has 4 aromatic carbocycles. The predicted octanol–water partition coefficient (Wildman–Crippen LogP) is 11.2. The fraction of sp³-hybridized carbons (Fsp3) is 0.340. The summed E-state index contributed by atoms with van der Waals surface area (Å²) in [7, 11) is 0. The summed E-state index contributed by atoms with van der Waals surface area (Å²) in [5, 5.41) is 14.4. The minimum Gasteiger partial charge on any atom is -0.380 e. The number of hydrogen-bond donors (Lipinski definition) is 4. The summed E-state index contributed by atoms with van der Waals surface area (Å²) in [6.07, 6.45) is 3.17. The summed E-state index contributed by atoms with van der Waals surface area (Å²) in [6.45, 7) is 16.0. The molecule has 6 aromatic rings. The van der Waals surface area contributed by atoms with Gasteiger partial charge in [-0.1, -0.05) is 71.7 Å². The molecule has 0 bridgehead atoms. The quantitative estimate of drug-likeness (QED) is 0.0662. The molecule has 4 heterocycles. The monoisotopic (exact) mass is 960 g/mol. The van der Waals surface area contributed by atoms with E-state index in [0.717, 1.165) is 86.0 Å². The lowest BCUT2D eigenvalue weighted by atomic mass is 9.89. The lowest BCUT2D eigenvalue weighted by molar-refractivity contribution is -0.132. The Morgan fingerprint density at radius 2 is 0.926 bits per heavy atom. The Labute approximate surface area is 408 Å². The maximum absolute atomic E-state index is 15.9. The van der Waals surface area contributed by atoms with E-state index >= 15 is 4.79 Å². The number of halogens is 4. The molecule has 0 radical (unpaired) electrons. The molecule has 68 heavy (non-hydrogen) atoms. The molecule has 8 rings (SSSR count). The number of carbonyl (C=O) groups excluding carboxylic acids is 1. The lowest BCUT2D eigenvalue weighted by Gasteiger charge is -2.44. The van der Waals surface area contributed by atoms with Crippen molar-refractivity contribution in [2.24, 2.45) is 0 Å². The van der Waals surface area contributed by atoms with Crippen molar-refractivity contribution in [1.29, 1.82) is 0 Å². The second-order valence-corrected chi connectivity index (χ2v) is 18.9. The first-order chi connectivity index (χ1) is 32.9. The lowest BCUT2D eigenvalue weighted by Crippen LogP contribution is -2.54. The summed E-state index contributed by atoms with van der Waals surface area (Å²) in [5.74, 6) is 0.643. The normalized spacial score (nSPS) is 16.1. The number of carbonyl (C=O) groups is 1. The van der Waals surface area contributed by atoms with Crippen LogP contribution in [-0.2, 0) is 17.9 Å². The van der Waals surface area contributed by atoms with Crippen molar-refractivity contribution in [1.82, 2.24) is 29.6 Å². The van der Waals surface area contributed by atoms with Gasteiger partial charge in [-0.25, -0.2) is 18.7 Å². The number of nitrogens with one attached hydrogen (secondary N) is 4. The van der Waals surface area contributed by atoms with Gasteiger partial charge in [-0.05, 0) is 98.5 Å². The molecule has 2 aliphatic heterocycles. The molecular formula is C53H60Cl2F2N10O. The molecule has 2 fully saturated rings. The van der Waals surface area contributed by atoms with Gasteiger partial charge < -0.3 is 21.3 Å². The van der Waals surface area contributed by atoms with E-state index in [9.17, 15) is 8.78 Å². The molecule has 2 aliphatic rings. The van der Waals surface area contributed by atoms with Crippen LogP contribution in [0, 0.1) is 11.6 Å². The highest BCUT2D eigenvalue weighted by Crippen LogP contribution is 2.37. The minimum absolute atomic E-state index is 0.109. The number of aromatic nitrogens is 2. The Kier molecular flexibility index (Phi) is 16.2. The Hall–Kier alpha value is -5.67. The molecule has 0 spiro atoms. The molecule has 0 saturated carbocycles. The SMILES string of the molecule is CC(C)N1CCN(C(C(=O)C(c2cccc(Nc3cc(NCc4cccc(F)c4)c(Cl)cn3)c2)N2CCN(C(C)C)CC2)c2cccc(Nc3cc(NCc4cccc(F)c4)c(Cl)cn3)c2)CC1. The van der Waals surface area contributed by atoms with Gasteiger partial charge in [0.25, 0.3) is 0 Å². The summed E-state index contributed by atoms with van der Waals surface area (Å²) in [6, 6.07) is 32.4. The summed E-state index contributed by atoms with van der Waals surface area (Å²) in [4.78, 5) is 34.7. The van der Waals surface area contributed by atoms with Gasteiger partial charge in [-0.2, -0.15) is 0 Å². The van der Waals surface area contributed by atoms with Crippen LogP contribution in [0.3, 0.4) is 0 Å². The standard InChI is InChI=1S/C53H60Cl2F2N10O/c1-35(2)64-17-21-66(22-18-64)51(39-11-7-15-43(27-39)62-49-29-47(45(54)33-60-49)58-31-37-9-5-13-41(56)25-37)53(68)52(67-23-19-65(20-24-67)36(3)4)40-12-8-16-44(28-40)63-50-30-48(46(55)34-61-50)59-32-38-10-6-14-42(57)26-38/h5-16,25-30,33-36,51-52H,17-24,31-32H2,1-4H3,(H2,58,60,62)(H2,59,61,63). The van der Waals surface area contributed by atoms with Crippen LogP contribution >= 0.6 is 23.2 Å². The molecule has 2 atom stereocenters. The molecule has 356 valence electrons. The molecule has 2 aromatic heterocycles. The first kappa shape index (κ1) is 48.8. The van der Waals surface area contributed by atoms with Crippen LogP contribution in [0.1, 0.15) is 62.0 Å². The number of anilines is 6. The summed E-state index contributed by atoms with van der Waals surface area (Å²) >= 11 is 13.1. The van der Waals surface area contributed by atoms with Crippen molar-refractivity contribution in [2.75, 3.05) is 73.6 Å². The Balaban J connectivity index is 1.09. The number of hydrogen-bond acceptors (Lipinski definition) is 11. The number of benzene rings is 4. The number of pyridine rings is 2. The van der Waals surface area contributed by atoms with Crippen molar-refractivity contribution >= 4 is 63.4 Å². The van der Waals surface area contributed by atoms with Crippen molar-refractivity contribution in [3.63, 3.8) is 0 Å². The van der Waals surface area contributed by atoms with E-state index in [1.54, 1.807) is 24.5 Å². The van der Waals surface area contributed by atoms with Crippen LogP contribution < -0.4 is 21.3 Å². The molecule has 15 heteroatoms. The van der Waals surface area contributed by atoms with Crippen LogP contribution in [0.2, 0.25) is 10.0 Å². The molecule has 2 unspecified atom stereocenters. The van der Waals surface area contributed by atoms with Gasteiger partial charge in [0.15, 0.2) is 5.78 Å². The topological polar surface area (TPSA) is 104 Å². The van der Waals surface area contributed by atoms with Crippen LogP contribution in [0.5, 0.6) is 0 Å². The largest absolute Gasteiger partial charge is 0.380 e. The van der Waals surface area contributed by atoms with Crippen LogP contribution in [0.15, 0.2) is 122 Å². The van der Waals surface area contributed by atoms with Crippen LogP contribution in [-0.4, -0.2) is 99.8 Å². The smallest absolute Gasteiger partial charge is 0.176 e. The van der Waals surface area contributed by atoms with Gasteiger partial charge in [0.05, 0.1) is 45.9 Å². The molecule has 11 nitrogen and oxygen atoms in total. The van der Waals surface area contributed by atoms with Crippen molar-refractivity contribution in [3.8, 4) is 0 Å². The zero-order valence-electron chi connectivity index (χ0n) is 39.0. The molecule has 4 N–H and O–H groups in total. The van der Waals surface area contributed by atoms with Crippen molar-refractivity contribution in [3.05, 3.63) is 166 Å². The van der Waals surface area contributed by atoms with Crippen molar-refractivity contribution < 1.29 is 13.6 Å². The van der Waals surface area contributed by atoms with Gasteiger partial charge in [0.1, 0.15) is 23.3 Å². The first-order valence-electron chi connectivity index (χ1n) is 23.4. The number of nitrogens with zero attached hydrogens (tertiary/aromatic N) is 6. The number of ketones is 1.